The lowest BCUT2D eigenvalue weighted by Crippen LogP contribution is -2.18. The highest BCUT2D eigenvalue weighted by molar-refractivity contribution is 7.09. The van der Waals surface area contributed by atoms with Gasteiger partial charge in [-0.3, -0.25) is 0 Å². The Morgan fingerprint density at radius 2 is 2.31 bits per heavy atom. The number of furan rings is 1. The molecule has 0 amide bonds. The Bertz CT molecular complexity index is 331. The monoisotopic (exact) mass is 237 g/mol. The molecule has 2 aromatic heterocycles. The van der Waals surface area contributed by atoms with Crippen molar-refractivity contribution < 1.29 is 9.15 Å². The molecule has 0 unspecified atom stereocenters. The van der Waals surface area contributed by atoms with Crippen LogP contribution in [-0.4, -0.2) is 13.2 Å². The molecule has 2 rings (SSSR count). The van der Waals surface area contributed by atoms with Crippen molar-refractivity contribution in [3.05, 3.63) is 46.5 Å². The number of hydrogen-bond acceptors (Lipinski definition) is 4. The zero-order valence-electron chi connectivity index (χ0n) is 9.02. The largest absolute Gasteiger partial charge is 0.468 e. The van der Waals surface area contributed by atoms with Gasteiger partial charge in [0.1, 0.15) is 5.76 Å². The smallest absolute Gasteiger partial charge is 0.117 e. The lowest BCUT2D eigenvalue weighted by atomic mass is 10.4. The summed E-state index contributed by atoms with van der Waals surface area (Å²) in [5.41, 5.74) is 0. The van der Waals surface area contributed by atoms with Crippen molar-refractivity contribution >= 4 is 11.3 Å². The second-order valence-corrected chi connectivity index (χ2v) is 4.42. The zero-order chi connectivity index (χ0) is 11.1. The number of ether oxygens (including phenoxy) is 1. The van der Waals surface area contributed by atoms with Crippen LogP contribution in [0.4, 0.5) is 0 Å². The maximum atomic E-state index is 5.51. The van der Waals surface area contributed by atoms with E-state index >= 15 is 0 Å². The van der Waals surface area contributed by atoms with Crippen LogP contribution in [0.3, 0.4) is 0 Å². The highest BCUT2D eigenvalue weighted by Gasteiger charge is 1.95. The van der Waals surface area contributed by atoms with Gasteiger partial charge >= 0.3 is 0 Å². The van der Waals surface area contributed by atoms with E-state index in [1.54, 1.807) is 17.6 Å². The highest BCUT2D eigenvalue weighted by Crippen LogP contribution is 2.09. The fourth-order valence-electron chi connectivity index (χ4n) is 1.34. The molecule has 16 heavy (non-hydrogen) atoms. The van der Waals surface area contributed by atoms with Crippen LogP contribution in [0.5, 0.6) is 0 Å². The van der Waals surface area contributed by atoms with Crippen LogP contribution in [0.25, 0.3) is 0 Å². The molecule has 0 aliphatic heterocycles. The van der Waals surface area contributed by atoms with Crippen LogP contribution in [0.15, 0.2) is 40.3 Å². The number of thiophene rings is 1. The Morgan fingerprint density at radius 3 is 3.06 bits per heavy atom. The molecule has 2 aromatic rings. The molecule has 0 fully saturated rings. The van der Waals surface area contributed by atoms with E-state index < -0.39 is 0 Å². The maximum absolute atomic E-state index is 5.51. The number of hydrogen-bond donors (Lipinski definition) is 1. The maximum Gasteiger partial charge on any atom is 0.117 e. The van der Waals surface area contributed by atoms with Gasteiger partial charge in [-0.15, -0.1) is 11.3 Å². The Morgan fingerprint density at radius 1 is 1.31 bits per heavy atom. The Kier molecular flexibility index (Phi) is 4.61. The van der Waals surface area contributed by atoms with Crippen LogP contribution >= 0.6 is 11.3 Å². The lowest BCUT2D eigenvalue weighted by molar-refractivity contribution is 0.124. The van der Waals surface area contributed by atoms with Gasteiger partial charge in [-0.2, -0.15) is 0 Å². The summed E-state index contributed by atoms with van der Waals surface area (Å²) in [7, 11) is 0. The topological polar surface area (TPSA) is 34.4 Å². The van der Waals surface area contributed by atoms with Gasteiger partial charge in [0, 0.05) is 11.4 Å². The van der Waals surface area contributed by atoms with Crippen molar-refractivity contribution in [1.82, 2.24) is 5.32 Å². The van der Waals surface area contributed by atoms with E-state index in [0.717, 1.165) is 25.5 Å². The SMILES string of the molecule is c1coc(CNCCOCc2cccs2)c1. The van der Waals surface area contributed by atoms with Crippen LogP contribution in [0.2, 0.25) is 0 Å². The van der Waals surface area contributed by atoms with E-state index in [9.17, 15) is 0 Å². The summed E-state index contributed by atoms with van der Waals surface area (Å²) in [6, 6.07) is 7.98. The van der Waals surface area contributed by atoms with Crippen molar-refractivity contribution in [3.63, 3.8) is 0 Å². The molecule has 0 saturated heterocycles. The molecule has 0 aliphatic carbocycles. The first-order valence-electron chi connectivity index (χ1n) is 5.28. The van der Waals surface area contributed by atoms with E-state index in [0.29, 0.717) is 6.61 Å². The number of rotatable bonds is 7. The molecule has 1 N–H and O–H groups in total. The summed E-state index contributed by atoms with van der Waals surface area (Å²) in [6.07, 6.45) is 1.68. The van der Waals surface area contributed by atoms with Gasteiger partial charge in [0.15, 0.2) is 0 Å². The molecule has 0 aliphatic rings. The van der Waals surface area contributed by atoms with Crippen LogP contribution in [0, 0.1) is 0 Å². The van der Waals surface area contributed by atoms with Gasteiger partial charge in [0.2, 0.25) is 0 Å². The third kappa shape index (κ3) is 3.81. The van der Waals surface area contributed by atoms with Crippen molar-refractivity contribution in [2.75, 3.05) is 13.2 Å². The Balaban J connectivity index is 1.49. The van der Waals surface area contributed by atoms with Gasteiger partial charge in [-0.25, -0.2) is 0 Å². The van der Waals surface area contributed by atoms with Crippen molar-refractivity contribution in [2.24, 2.45) is 0 Å². The average Bonchev–Trinajstić information content (AvgIpc) is 2.96. The predicted molar refractivity (Wildman–Crippen MR) is 64.4 cm³/mol. The zero-order valence-corrected chi connectivity index (χ0v) is 9.83. The quantitative estimate of drug-likeness (QED) is 0.752. The van der Waals surface area contributed by atoms with Gasteiger partial charge in [-0.1, -0.05) is 6.07 Å². The summed E-state index contributed by atoms with van der Waals surface area (Å²) in [4.78, 5) is 1.27. The molecule has 2 heterocycles. The molecular formula is C12H15NO2S. The van der Waals surface area contributed by atoms with Crippen LogP contribution in [0.1, 0.15) is 10.6 Å². The minimum atomic E-state index is 0.708. The second-order valence-electron chi connectivity index (χ2n) is 3.39. The summed E-state index contributed by atoms with van der Waals surface area (Å²) >= 11 is 1.72. The van der Waals surface area contributed by atoms with Crippen molar-refractivity contribution in [1.29, 1.82) is 0 Å². The molecule has 0 saturated carbocycles. The molecule has 3 nitrogen and oxygen atoms in total. The van der Waals surface area contributed by atoms with E-state index in [4.69, 9.17) is 9.15 Å². The average molecular weight is 237 g/mol. The fourth-order valence-corrected chi connectivity index (χ4v) is 1.98. The summed E-state index contributed by atoms with van der Waals surface area (Å²) in [6.45, 7) is 3.03. The number of nitrogens with one attached hydrogen (secondary N) is 1. The molecule has 0 spiro atoms. The molecule has 0 aromatic carbocycles. The van der Waals surface area contributed by atoms with Gasteiger partial charge in [0.25, 0.3) is 0 Å². The normalized spacial score (nSPS) is 10.8. The minimum Gasteiger partial charge on any atom is -0.468 e. The predicted octanol–water partition coefficient (Wildman–Crippen LogP) is 2.65. The van der Waals surface area contributed by atoms with E-state index in [2.05, 4.69) is 16.8 Å². The Hall–Kier alpha value is -1.10. The Labute approximate surface area is 99.0 Å². The van der Waals surface area contributed by atoms with Crippen LogP contribution in [-0.2, 0) is 17.9 Å². The molecule has 0 atom stereocenters. The van der Waals surface area contributed by atoms with Gasteiger partial charge in [0.05, 0.1) is 26.0 Å². The molecule has 86 valence electrons. The third-order valence-corrected chi connectivity index (χ3v) is 2.98. The highest BCUT2D eigenvalue weighted by atomic mass is 32.1. The second kappa shape index (κ2) is 6.48. The van der Waals surface area contributed by atoms with Crippen molar-refractivity contribution in [3.8, 4) is 0 Å². The third-order valence-electron chi connectivity index (χ3n) is 2.13. The van der Waals surface area contributed by atoms with Crippen molar-refractivity contribution in [2.45, 2.75) is 13.2 Å². The first-order chi connectivity index (χ1) is 7.95. The lowest BCUT2D eigenvalue weighted by Gasteiger charge is -2.03. The van der Waals surface area contributed by atoms with Gasteiger partial charge in [-0.05, 0) is 23.6 Å². The first kappa shape index (κ1) is 11.4. The molecule has 4 heteroatoms. The summed E-state index contributed by atoms with van der Waals surface area (Å²) in [5, 5.41) is 5.32. The van der Waals surface area contributed by atoms with E-state index in [-0.39, 0.29) is 0 Å². The minimum absolute atomic E-state index is 0.708. The summed E-state index contributed by atoms with van der Waals surface area (Å²) in [5.74, 6) is 0.957. The summed E-state index contributed by atoms with van der Waals surface area (Å²) < 4.78 is 10.7. The molecule has 0 radical (unpaired) electrons. The van der Waals surface area contributed by atoms with E-state index in [1.165, 1.54) is 4.88 Å². The van der Waals surface area contributed by atoms with E-state index in [1.807, 2.05) is 18.2 Å². The molecule has 0 bridgehead atoms. The molecular weight excluding hydrogens is 222 g/mol. The first-order valence-corrected chi connectivity index (χ1v) is 6.16. The van der Waals surface area contributed by atoms with Crippen LogP contribution < -0.4 is 5.32 Å². The fraction of sp³-hybridized carbons (Fsp3) is 0.333. The standard InChI is InChI=1S/C12H15NO2S/c1-3-11(15-6-1)9-13-5-7-14-10-12-4-2-8-16-12/h1-4,6,8,13H,5,7,9-10H2. The van der Waals surface area contributed by atoms with Gasteiger partial charge < -0.3 is 14.5 Å².